The lowest BCUT2D eigenvalue weighted by Crippen LogP contribution is -2.50. The maximum Gasteiger partial charge on any atom is 0.404 e. The molecule has 39 heavy (non-hydrogen) atoms. The van der Waals surface area contributed by atoms with E-state index in [-0.39, 0.29) is 17.9 Å². The van der Waals surface area contributed by atoms with E-state index in [1.54, 1.807) is 12.1 Å². The van der Waals surface area contributed by atoms with Gasteiger partial charge in [0.25, 0.3) is 0 Å². The molecule has 1 aliphatic rings. The molecule has 0 aromatic heterocycles. The summed E-state index contributed by atoms with van der Waals surface area (Å²) in [5.74, 6) is 0.552. The first-order valence-corrected chi connectivity index (χ1v) is 14.4. The Hall–Kier alpha value is -3.44. The number of benzene rings is 3. The van der Waals surface area contributed by atoms with Crippen molar-refractivity contribution in [1.29, 1.82) is 0 Å². The predicted molar refractivity (Wildman–Crippen MR) is 146 cm³/mol. The van der Waals surface area contributed by atoms with Crippen LogP contribution in [-0.4, -0.2) is 48.3 Å². The second-order valence-corrected chi connectivity index (χ2v) is 11.9. The fraction of sp³-hybridized carbons (Fsp3) is 0.345. The number of aliphatic hydroxyl groups excluding tert-OH is 1. The van der Waals surface area contributed by atoms with Crippen LogP contribution in [0.5, 0.6) is 5.75 Å². The van der Waals surface area contributed by atoms with Crippen molar-refractivity contribution < 1.29 is 33.0 Å². The molecule has 0 saturated heterocycles. The molecule has 4 rings (SSSR count). The van der Waals surface area contributed by atoms with Crippen LogP contribution in [-0.2, 0) is 27.7 Å². The number of carboxylic acid groups (broad SMARTS) is 1. The second-order valence-electron chi connectivity index (χ2n) is 9.63. The summed E-state index contributed by atoms with van der Waals surface area (Å²) in [4.78, 5) is 15.7. The molecule has 1 saturated carbocycles. The van der Waals surface area contributed by atoms with Crippen molar-refractivity contribution in [1.82, 2.24) is 10.8 Å². The molecule has 0 heterocycles. The first kappa shape index (κ1) is 28.6. The standard InChI is InChI=1S/C29H34N2O7S/c32-27(26(31-28(33)34)19-22-9-3-1-4-10-22)20-30-38-29(17-7-8-18-29)39(35,36)25-15-13-24(14-16-25)37-21-23-11-5-2-6-12-23/h1-6,9-16,26-27,30-32H,7-8,17-21H2,(H,33,34)/t26-,27+/m0/s1. The smallest absolute Gasteiger partial charge is 0.404 e. The zero-order chi connectivity index (χ0) is 27.7. The lowest BCUT2D eigenvalue weighted by Gasteiger charge is -2.30. The van der Waals surface area contributed by atoms with E-state index >= 15 is 0 Å². The number of amides is 1. The molecular formula is C29H34N2O7S. The quantitative estimate of drug-likeness (QED) is 0.232. The van der Waals surface area contributed by atoms with Crippen molar-refractivity contribution >= 4 is 15.9 Å². The van der Waals surface area contributed by atoms with Crippen LogP contribution >= 0.6 is 0 Å². The third-order valence-electron chi connectivity index (χ3n) is 6.86. The summed E-state index contributed by atoms with van der Waals surface area (Å²) >= 11 is 0. The van der Waals surface area contributed by atoms with Crippen LogP contribution in [0.1, 0.15) is 36.8 Å². The molecule has 0 unspecified atom stereocenters. The molecule has 1 amide bonds. The Morgan fingerprint density at radius 3 is 2.08 bits per heavy atom. The monoisotopic (exact) mass is 554 g/mol. The van der Waals surface area contributed by atoms with Gasteiger partial charge < -0.3 is 20.3 Å². The van der Waals surface area contributed by atoms with E-state index < -0.39 is 33.0 Å². The Labute approximate surface area is 228 Å². The zero-order valence-corrected chi connectivity index (χ0v) is 22.3. The van der Waals surface area contributed by atoms with Crippen LogP contribution in [0.15, 0.2) is 89.8 Å². The number of rotatable bonds is 13. The summed E-state index contributed by atoms with van der Waals surface area (Å²) in [6.07, 6.45) is -0.210. The second kappa shape index (κ2) is 13.1. The van der Waals surface area contributed by atoms with Crippen molar-refractivity contribution in [2.24, 2.45) is 0 Å². The molecule has 0 spiro atoms. The number of hydrogen-bond acceptors (Lipinski definition) is 7. The molecule has 1 aliphatic carbocycles. The highest BCUT2D eigenvalue weighted by Gasteiger charge is 2.49. The Balaban J connectivity index is 1.39. The van der Waals surface area contributed by atoms with E-state index in [9.17, 15) is 23.4 Å². The third kappa shape index (κ3) is 7.36. The number of hydrogen-bond donors (Lipinski definition) is 4. The van der Waals surface area contributed by atoms with Gasteiger partial charge in [0.15, 0.2) is 4.93 Å². The van der Waals surface area contributed by atoms with Gasteiger partial charge in [-0.3, -0.25) is 4.84 Å². The van der Waals surface area contributed by atoms with Crippen LogP contribution in [0.2, 0.25) is 0 Å². The molecule has 0 bridgehead atoms. The number of nitrogens with one attached hydrogen (secondary N) is 2. The minimum atomic E-state index is -3.90. The predicted octanol–water partition coefficient (Wildman–Crippen LogP) is 4.07. The van der Waals surface area contributed by atoms with Crippen molar-refractivity contribution in [3.63, 3.8) is 0 Å². The molecule has 1 fully saturated rings. The van der Waals surface area contributed by atoms with E-state index in [0.29, 0.717) is 38.0 Å². The van der Waals surface area contributed by atoms with Gasteiger partial charge in [0, 0.05) is 6.54 Å². The van der Waals surface area contributed by atoms with E-state index in [0.717, 1.165) is 11.1 Å². The van der Waals surface area contributed by atoms with Crippen LogP contribution in [0, 0.1) is 0 Å². The summed E-state index contributed by atoms with van der Waals surface area (Å²) in [5, 5.41) is 22.3. The molecule has 9 nitrogen and oxygen atoms in total. The Morgan fingerprint density at radius 2 is 1.49 bits per heavy atom. The SMILES string of the molecule is O=C(O)N[C@@H](Cc1ccccc1)[C@H](O)CNOC1(S(=O)(=O)c2ccc(OCc3ccccc3)cc2)CCCC1. The van der Waals surface area contributed by atoms with Gasteiger partial charge in [0.2, 0.25) is 9.84 Å². The molecule has 10 heteroatoms. The lowest BCUT2D eigenvalue weighted by molar-refractivity contribution is -0.0657. The normalized spacial score (nSPS) is 16.3. The van der Waals surface area contributed by atoms with Crippen molar-refractivity contribution in [2.45, 2.75) is 60.7 Å². The molecule has 3 aromatic carbocycles. The van der Waals surface area contributed by atoms with Gasteiger partial charge in [-0.25, -0.2) is 13.2 Å². The molecule has 3 aromatic rings. The van der Waals surface area contributed by atoms with Gasteiger partial charge >= 0.3 is 6.09 Å². The summed E-state index contributed by atoms with van der Waals surface area (Å²) in [7, 11) is -3.90. The number of aliphatic hydroxyl groups is 1. The summed E-state index contributed by atoms with van der Waals surface area (Å²) in [6, 6.07) is 24.3. The van der Waals surface area contributed by atoms with E-state index in [1.165, 1.54) is 12.1 Å². The molecule has 0 radical (unpaired) electrons. The average Bonchev–Trinajstić information content (AvgIpc) is 3.43. The third-order valence-corrected chi connectivity index (χ3v) is 9.22. The maximum absolute atomic E-state index is 13.7. The highest BCUT2D eigenvalue weighted by molar-refractivity contribution is 7.92. The van der Waals surface area contributed by atoms with Crippen molar-refractivity contribution in [2.75, 3.05) is 6.54 Å². The first-order chi connectivity index (χ1) is 18.8. The van der Waals surface area contributed by atoms with Crippen LogP contribution < -0.4 is 15.5 Å². The number of ether oxygens (including phenoxy) is 1. The Morgan fingerprint density at radius 1 is 0.897 bits per heavy atom. The molecular weight excluding hydrogens is 520 g/mol. The number of hydroxylamine groups is 1. The Kier molecular flexibility index (Phi) is 9.58. The molecule has 4 N–H and O–H groups in total. The largest absolute Gasteiger partial charge is 0.489 e. The molecule has 2 atom stereocenters. The van der Waals surface area contributed by atoms with E-state index in [2.05, 4.69) is 10.8 Å². The minimum absolute atomic E-state index is 0.119. The van der Waals surface area contributed by atoms with E-state index in [1.807, 2.05) is 60.7 Å². The summed E-state index contributed by atoms with van der Waals surface area (Å²) < 4.78 is 33.1. The van der Waals surface area contributed by atoms with Gasteiger partial charge in [0.1, 0.15) is 12.4 Å². The van der Waals surface area contributed by atoms with Gasteiger partial charge in [0.05, 0.1) is 17.0 Å². The van der Waals surface area contributed by atoms with E-state index in [4.69, 9.17) is 9.57 Å². The maximum atomic E-state index is 13.7. The first-order valence-electron chi connectivity index (χ1n) is 12.9. The van der Waals surface area contributed by atoms with Gasteiger partial charge in [-0.05, 0) is 67.5 Å². The van der Waals surface area contributed by atoms with Gasteiger partial charge in [-0.1, -0.05) is 60.7 Å². The van der Waals surface area contributed by atoms with Crippen LogP contribution in [0.3, 0.4) is 0 Å². The number of carbonyl (C=O) groups is 1. The summed E-state index contributed by atoms with van der Waals surface area (Å²) in [5.41, 5.74) is 4.50. The van der Waals surface area contributed by atoms with Crippen molar-refractivity contribution in [3.8, 4) is 5.75 Å². The summed E-state index contributed by atoms with van der Waals surface area (Å²) in [6.45, 7) is 0.204. The highest BCUT2D eigenvalue weighted by Crippen LogP contribution is 2.41. The van der Waals surface area contributed by atoms with Crippen LogP contribution in [0.25, 0.3) is 0 Å². The lowest BCUT2D eigenvalue weighted by atomic mass is 10.0. The van der Waals surface area contributed by atoms with Crippen LogP contribution in [0.4, 0.5) is 4.79 Å². The molecule has 0 aliphatic heterocycles. The topological polar surface area (TPSA) is 134 Å². The van der Waals surface area contributed by atoms with Gasteiger partial charge in [-0.15, -0.1) is 0 Å². The average molecular weight is 555 g/mol. The highest BCUT2D eigenvalue weighted by atomic mass is 32.2. The fourth-order valence-corrected chi connectivity index (χ4v) is 6.64. The van der Waals surface area contributed by atoms with Crippen molar-refractivity contribution in [3.05, 3.63) is 96.1 Å². The van der Waals surface area contributed by atoms with Gasteiger partial charge in [-0.2, -0.15) is 5.48 Å². The zero-order valence-electron chi connectivity index (χ0n) is 21.5. The minimum Gasteiger partial charge on any atom is -0.489 e. The fourth-order valence-electron chi connectivity index (χ4n) is 4.72. The Bertz CT molecular complexity index is 1300. The number of sulfone groups is 1. The molecule has 208 valence electrons.